The number of alkyl carbamates (subject to hydrolysis) is 1. The van der Waals surface area contributed by atoms with E-state index in [-0.39, 0.29) is 17.7 Å². The molecule has 17 heavy (non-hydrogen) atoms. The Hall–Kier alpha value is -0.810. The van der Waals surface area contributed by atoms with Crippen molar-refractivity contribution in [2.75, 3.05) is 19.7 Å². The van der Waals surface area contributed by atoms with Crippen LogP contribution < -0.4 is 10.6 Å². The van der Waals surface area contributed by atoms with E-state index in [0.29, 0.717) is 0 Å². The molecule has 1 spiro atoms. The maximum Gasteiger partial charge on any atom is 0.407 e. The van der Waals surface area contributed by atoms with Gasteiger partial charge in [0.15, 0.2) is 0 Å². The number of morpholine rings is 1. The SMILES string of the molecule is CC(C)(C)OC(=O)NC1CC2(CNCCO2)C1. The Balaban J connectivity index is 1.71. The first-order valence-corrected chi connectivity index (χ1v) is 6.23. The van der Waals surface area contributed by atoms with Crippen molar-refractivity contribution in [3.63, 3.8) is 0 Å². The van der Waals surface area contributed by atoms with Crippen LogP contribution in [-0.2, 0) is 9.47 Å². The fourth-order valence-electron chi connectivity index (χ4n) is 2.38. The lowest BCUT2D eigenvalue weighted by Crippen LogP contribution is -2.63. The molecule has 0 aromatic rings. The Kier molecular flexibility index (Phi) is 3.32. The van der Waals surface area contributed by atoms with Crippen LogP contribution in [0.3, 0.4) is 0 Å². The van der Waals surface area contributed by atoms with Crippen molar-refractivity contribution in [1.82, 2.24) is 10.6 Å². The molecule has 2 rings (SSSR count). The minimum Gasteiger partial charge on any atom is -0.444 e. The van der Waals surface area contributed by atoms with E-state index >= 15 is 0 Å². The van der Waals surface area contributed by atoms with Crippen molar-refractivity contribution in [1.29, 1.82) is 0 Å². The summed E-state index contributed by atoms with van der Waals surface area (Å²) in [5.74, 6) is 0. The van der Waals surface area contributed by atoms with Crippen LogP contribution in [0.5, 0.6) is 0 Å². The molecule has 1 saturated heterocycles. The number of hydrogen-bond donors (Lipinski definition) is 2. The van der Waals surface area contributed by atoms with Crippen molar-refractivity contribution in [3.8, 4) is 0 Å². The highest BCUT2D eigenvalue weighted by Gasteiger charge is 2.47. The van der Waals surface area contributed by atoms with Gasteiger partial charge in [-0.3, -0.25) is 0 Å². The zero-order valence-corrected chi connectivity index (χ0v) is 10.8. The topological polar surface area (TPSA) is 59.6 Å². The summed E-state index contributed by atoms with van der Waals surface area (Å²) in [6.45, 7) is 8.17. The highest BCUT2D eigenvalue weighted by atomic mass is 16.6. The number of rotatable bonds is 1. The van der Waals surface area contributed by atoms with Gasteiger partial charge in [-0.05, 0) is 33.6 Å². The molecule has 0 bridgehead atoms. The number of carbonyl (C=O) groups is 1. The van der Waals surface area contributed by atoms with Crippen LogP contribution in [0.25, 0.3) is 0 Å². The Morgan fingerprint density at radius 3 is 2.71 bits per heavy atom. The Labute approximate surface area is 102 Å². The van der Waals surface area contributed by atoms with Crippen LogP contribution >= 0.6 is 0 Å². The molecular formula is C12H22N2O3. The van der Waals surface area contributed by atoms with Crippen molar-refractivity contribution in [2.24, 2.45) is 0 Å². The van der Waals surface area contributed by atoms with Crippen LogP contribution in [0, 0.1) is 0 Å². The second kappa shape index (κ2) is 4.46. The first kappa shape index (κ1) is 12.6. The molecular weight excluding hydrogens is 220 g/mol. The lowest BCUT2D eigenvalue weighted by molar-refractivity contribution is -0.129. The summed E-state index contributed by atoms with van der Waals surface area (Å²) in [6, 6.07) is 0.185. The summed E-state index contributed by atoms with van der Waals surface area (Å²) in [7, 11) is 0. The summed E-state index contributed by atoms with van der Waals surface area (Å²) in [5.41, 5.74) is -0.480. The van der Waals surface area contributed by atoms with E-state index in [1.807, 2.05) is 20.8 Å². The van der Waals surface area contributed by atoms with E-state index in [9.17, 15) is 4.79 Å². The van der Waals surface area contributed by atoms with Gasteiger partial charge in [0.05, 0.1) is 12.2 Å². The zero-order chi connectivity index (χ0) is 12.5. The maximum atomic E-state index is 11.5. The minimum atomic E-state index is -0.436. The highest BCUT2D eigenvalue weighted by Crippen LogP contribution is 2.36. The second-order valence-electron chi connectivity index (χ2n) is 5.96. The monoisotopic (exact) mass is 242 g/mol. The second-order valence-corrected chi connectivity index (χ2v) is 5.96. The number of amides is 1. The number of ether oxygens (including phenoxy) is 2. The van der Waals surface area contributed by atoms with Gasteiger partial charge in [0.1, 0.15) is 5.60 Å². The zero-order valence-electron chi connectivity index (χ0n) is 10.8. The third-order valence-corrected chi connectivity index (χ3v) is 3.09. The standard InChI is InChI=1S/C12H22N2O3/c1-11(2,3)17-10(15)14-9-6-12(7-9)8-13-4-5-16-12/h9,13H,4-8H2,1-3H3,(H,14,15). The van der Waals surface area contributed by atoms with E-state index in [1.54, 1.807) is 0 Å². The molecule has 1 heterocycles. The van der Waals surface area contributed by atoms with Gasteiger partial charge in [-0.2, -0.15) is 0 Å². The van der Waals surface area contributed by atoms with Gasteiger partial charge in [0, 0.05) is 19.1 Å². The molecule has 0 aromatic carbocycles. The molecule has 5 heteroatoms. The molecule has 0 radical (unpaired) electrons. The Morgan fingerprint density at radius 2 is 2.18 bits per heavy atom. The number of hydrogen-bond acceptors (Lipinski definition) is 4. The Morgan fingerprint density at radius 1 is 1.47 bits per heavy atom. The van der Waals surface area contributed by atoms with Crippen LogP contribution in [0.1, 0.15) is 33.6 Å². The maximum absolute atomic E-state index is 11.5. The average molecular weight is 242 g/mol. The molecule has 0 unspecified atom stereocenters. The van der Waals surface area contributed by atoms with Gasteiger partial charge in [-0.1, -0.05) is 0 Å². The third-order valence-electron chi connectivity index (χ3n) is 3.09. The molecule has 2 aliphatic rings. The van der Waals surface area contributed by atoms with Crippen molar-refractivity contribution >= 4 is 6.09 Å². The molecule has 0 atom stereocenters. The summed E-state index contributed by atoms with van der Waals surface area (Å²) >= 11 is 0. The van der Waals surface area contributed by atoms with Crippen LogP contribution in [-0.4, -0.2) is 43.0 Å². The van der Waals surface area contributed by atoms with Crippen molar-refractivity contribution in [3.05, 3.63) is 0 Å². The van der Waals surface area contributed by atoms with Gasteiger partial charge in [-0.15, -0.1) is 0 Å². The molecule has 2 fully saturated rings. The van der Waals surface area contributed by atoms with Gasteiger partial charge >= 0.3 is 6.09 Å². The van der Waals surface area contributed by atoms with E-state index in [0.717, 1.165) is 32.5 Å². The molecule has 1 aliphatic carbocycles. The van der Waals surface area contributed by atoms with E-state index in [4.69, 9.17) is 9.47 Å². The predicted octanol–water partition coefficient (Wildman–Crippen LogP) is 1.03. The van der Waals surface area contributed by atoms with E-state index in [2.05, 4.69) is 10.6 Å². The first-order valence-electron chi connectivity index (χ1n) is 6.23. The largest absolute Gasteiger partial charge is 0.444 e. The molecule has 98 valence electrons. The van der Waals surface area contributed by atoms with E-state index in [1.165, 1.54) is 0 Å². The summed E-state index contributed by atoms with van der Waals surface area (Å²) in [5, 5.41) is 6.20. The normalized spacial score (nSPS) is 33.0. The molecule has 2 N–H and O–H groups in total. The lowest BCUT2D eigenvalue weighted by Gasteiger charge is -2.49. The smallest absolute Gasteiger partial charge is 0.407 e. The van der Waals surface area contributed by atoms with Crippen molar-refractivity contribution < 1.29 is 14.3 Å². The van der Waals surface area contributed by atoms with Gasteiger partial charge in [-0.25, -0.2) is 4.79 Å². The summed E-state index contributed by atoms with van der Waals surface area (Å²) < 4.78 is 11.0. The van der Waals surface area contributed by atoms with Crippen LogP contribution in [0.15, 0.2) is 0 Å². The number of nitrogens with one attached hydrogen (secondary N) is 2. The van der Waals surface area contributed by atoms with Gasteiger partial charge in [0.25, 0.3) is 0 Å². The number of carbonyl (C=O) groups excluding carboxylic acids is 1. The average Bonchev–Trinajstić information content (AvgIpc) is 2.13. The quantitative estimate of drug-likeness (QED) is 0.721. The van der Waals surface area contributed by atoms with E-state index < -0.39 is 5.60 Å². The molecule has 0 aromatic heterocycles. The highest BCUT2D eigenvalue weighted by molar-refractivity contribution is 5.68. The predicted molar refractivity (Wildman–Crippen MR) is 63.9 cm³/mol. The Bertz CT molecular complexity index is 285. The molecule has 1 amide bonds. The lowest BCUT2D eigenvalue weighted by atomic mass is 9.75. The molecule has 1 saturated carbocycles. The van der Waals surface area contributed by atoms with Gasteiger partial charge in [0.2, 0.25) is 0 Å². The first-order chi connectivity index (χ1) is 7.89. The fourth-order valence-corrected chi connectivity index (χ4v) is 2.38. The minimum absolute atomic E-state index is 0.0437. The van der Waals surface area contributed by atoms with Crippen LogP contribution in [0.4, 0.5) is 4.79 Å². The fraction of sp³-hybridized carbons (Fsp3) is 0.917. The summed E-state index contributed by atoms with van der Waals surface area (Å²) in [6.07, 6.45) is 1.42. The molecule has 1 aliphatic heterocycles. The van der Waals surface area contributed by atoms with Crippen molar-refractivity contribution in [2.45, 2.75) is 50.9 Å². The molecule has 5 nitrogen and oxygen atoms in total. The summed E-state index contributed by atoms with van der Waals surface area (Å²) in [4.78, 5) is 11.5. The van der Waals surface area contributed by atoms with Crippen LogP contribution in [0.2, 0.25) is 0 Å². The van der Waals surface area contributed by atoms with Gasteiger partial charge < -0.3 is 20.1 Å². The third kappa shape index (κ3) is 3.33.